The lowest BCUT2D eigenvalue weighted by Gasteiger charge is -2.17. The summed E-state index contributed by atoms with van der Waals surface area (Å²) in [7, 11) is 0. The van der Waals surface area contributed by atoms with Crippen LogP contribution in [0.1, 0.15) is 21.5 Å². The quantitative estimate of drug-likeness (QED) is 0.321. The lowest BCUT2D eigenvalue weighted by atomic mass is 10.1. The molecule has 1 heterocycles. The molecule has 5 nitrogen and oxygen atoms in total. The van der Waals surface area contributed by atoms with Gasteiger partial charge in [0.25, 0.3) is 0 Å². The molecule has 8 heteroatoms. The highest BCUT2D eigenvalue weighted by Crippen LogP contribution is 2.29. The second-order valence-corrected chi connectivity index (χ2v) is 7.48. The van der Waals surface area contributed by atoms with Crippen LogP contribution < -0.4 is 10.5 Å². The van der Waals surface area contributed by atoms with Crippen LogP contribution in [0.5, 0.6) is 5.75 Å². The molecule has 1 atom stereocenters. The number of carbonyl (C=O) groups is 1. The molecule has 178 valence electrons. The van der Waals surface area contributed by atoms with E-state index in [1.165, 1.54) is 6.07 Å². The zero-order chi connectivity index (χ0) is 22.3. The summed E-state index contributed by atoms with van der Waals surface area (Å²) in [4.78, 5) is 17.1. The van der Waals surface area contributed by atoms with Crippen molar-refractivity contribution < 1.29 is 18.7 Å². The summed E-state index contributed by atoms with van der Waals surface area (Å²) in [5, 5.41) is 0.331. The monoisotopic (exact) mass is 502 g/mol. The highest BCUT2D eigenvalue weighted by Gasteiger charge is 2.20. The first kappa shape index (κ1) is 27.1. The predicted octanol–water partition coefficient (Wildman–Crippen LogP) is 5.52. The fraction of sp³-hybridized carbons (Fsp3) is 0.154. The maximum Gasteiger partial charge on any atom is 0.342 e. The largest absolute Gasteiger partial charge is 0.491 e. The number of nitrogens with zero attached hydrogens (tertiary/aromatic N) is 1. The lowest BCUT2D eigenvalue weighted by molar-refractivity contribution is 0.0470. The number of ether oxygens (including phenoxy) is 2. The molecule has 0 bridgehead atoms. The molecule has 34 heavy (non-hydrogen) atoms. The molecule has 0 radical (unpaired) electrons. The van der Waals surface area contributed by atoms with Crippen molar-refractivity contribution in [1.82, 2.24) is 4.98 Å². The number of fused-ring (bicyclic) bond motifs is 1. The number of halogens is 3. The topological polar surface area (TPSA) is 74.4 Å². The van der Waals surface area contributed by atoms with Crippen LogP contribution in [0.4, 0.5) is 4.39 Å². The van der Waals surface area contributed by atoms with Gasteiger partial charge in [0.15, 0.2) is 0 Å². The highest BCUT2D eigenvalue weighted by atomic mass is 35.5. The second kappa shape index (κ2) is 12.9. The van der Waals surface area contributed by atoms with Crippen LogP contribution in [0, 0.1) is 5.82 Å². The Kier molecular flexibility index (Phi) is 10.3. The Hall–Kier alpha value is -3.19. The summed E-state index contributed by atoms with van der Waals surface area (Å²) in [5.74, 6) is -0.877. The minimum absolute atomic E-state index is 0. The van der Waals surface area contributed by atoms with E-state index in [4.69, 9.17) is 15.2 Å². The molecule has 4 aromatic rings. The Morgan fingerprint density at radius 3 is 2.26 bits per heavy atom. The van der Waals surface area contributed by atoms with Crippen molar-refractivity contribution in [1.29, 1.82) is 0 Å². The molecule has 0 aliphatic heterocycles. The van der Waals surface area contributed by atoms with Crippen LogP contribution in [0.15, 0.2) is 85.1 Å². The summed E-state index contributed by atoms with van der Waals surface area (Å²) in [6.07, 6.45) is 1.73. The Labute approximate surface area is 209 Å². The standard InChI is InChI=1S/C26H23FN2O3.2ClH/c27-20-14-22-23(29-15-20)11-12-24(31-17-21(28)13-18-7-3-1-4-8-18)25(22)26(30)32-16-19-9-5-2-6-10-19;;/h1-12,14-15,21H,13,16-17,28H2;2*1H/t21-;;/m0../s1. The minimum Gasteiger partial charge on any atom is -0.491 e. The Bertz CT molecular complexity index is 1210. The van der Waals surface area contributed by atoms with Gasteiger partial charge in [-0.3, -0.25) is 4.98 Å². The van der Waals surface area contributed by atoms with Crippen molar-refractivity contribution in [3.63, 3.8) is 0 Å². The van der Waals surface area contributed by atoms with Gasteiger partial charge in [-0.15, -0.1) is 24.8 Å². The third-order valence-electron chi connectivity index (χ3n) is 5.00. The number of esters is 1. The van der Waals surface area contributed by atoms with Crippen molar-refractivity contribution in [2.24, 2.45) is 5.73 Å². The zero-order valence-corrected chi connectivity index (χ0v) is 19.9. The van der Waals surface area contributed by atoms with Crippen LogP contribution in [0.25, 0.3) is 10.9 Å². The van der Waals surface area contributed by atoms with Crippen molar-refractivity contribution >= 4 is 41.7 Å². The fourth-order valence-corrected chi connectivity index (χ4v) is 3.45. The first-order valence-electron chi connectivity index (χ1n) is 10.3. The minimum atomic E-state index is -0.613. The summed E-state index contributed by atoms with van der Waals surface area (Å²) in [5.41, 5.74) is 8.78. The van der Waals surface area contributed by atoms with E-state index in [0.29, 0.717) is 17.3 Å². The molecular formula is C26H25Cl2FN2O3. The summed E-state index contributed by atoms with van der Waals surface area (Å²) < 4.78 is 25.4. The first-order chi connectivity index (χ1) is 15.6. The molecule has 0 aliphatic carbocycles. The summed E-state index contributed by atoms with van der Waals surface area (Å²) in [6.45, 7) is 0.272. The second-order valence-electron chi connectivity index (χ2n) is 7.48. The van der Waals surface area contributed by atoms with E-state index in [0.717, 1.165) is 17.3 Å². The Morgan fingerprint density at radius 2 is 1.59 bits per heavy atom. The van der Waals surface area contributed by atoms with Gasteiger partial charge in [0.1, 0.15) is 30.3 Å². The average Bonchev–Trinajstić information content (AvgIpc) is 2.82. The molecule has 0 saturated carbocycles. The summed E-state index contributed by atoms with van der Waals surface area (Å²) in [6, 6.07) is 23.5. The van der Waals surface area contributed by atoms with Crippen molar-refractivity contribution in [2.45, 2.75) is 19.1 Å². The molecule has 0 fully saturated rings. The molecule has 3 aromatic carbocycles. The van der Waals surface area contributed by atoms with Gasteiger partial charge in [0, 0.05) is 11.4 Å². The van der Waals surface area contributed by atoms with E-state index in [1.807, 2.05) is 60.7 Å². The van der Waals surface area contributed by atoms with Gasteiger partial charge in [-0.05, 0) is 35.7 Å². The molecule has 0 aliphatic rings. The van der Waals surface area contributed by atoms with Gasteiger partial charge >= 0.3 is 5.97 Å². The Balaban J connectivity index is 0.00000204. The van der Waals surface area contributed by atoms with Crippen LogP contribution >= 0.6 is 24.8 Å². The van der Waals surface area contributed by atoms with Crippen LogP contribution in [0.2, 0.25) is 0 Å². The third kappa shape index (κ3) is 6.90. The van der Waals surface area contributed by atoms with Gasteiger partial charge in [-0.2, -0.15) is 0 Å². The maximum absolute atomic E-state index is 13.9. The number of pyridine rings is 1. The molecule has 4 rings (SSSR count). The number of rotatable bonds is 8. The van der Waals surface area contributed by atoms with E-state index in [1.54, 1.807) is 12.1 Å². The third-order valence-corrected chi connectivity index (χ3v) is 5.00. The molecular weight excluding hydrogens is 478 g/mol. The SMILES string of the molecule is Cl.Cl.N[C@H](COc1ccc2ncc(F)cc2c1C(=O)OCc1ccccc1)Cc1ccccc1. The smallest absolute Gasteiger partial charge is 0.342 e. The predicted molar refractivity (Wildman–Crippen MR) is 135 cm³/mol. The number of carbonyl (C=O) groups excluding carboxylic acids is 1. The van der Waals surface area contributed by atoms with Gasteiger partial charge in [-0.1, -0.05) is 60.7 Å². The van der Waals surface area contributed by atoms with E-state index < -0.39 is 11.8 Å². The number of nitrogens with two attached hydrogens (primary N) is 1. The molecule has 0 unspecified atom stereocenters. The van der Waals surface area contributed by atoms with Gasteiger partial charge in [0.05, 0.1) is 11.7 Å². The summed E-state index contributed by atoms with van der Waals surface area (Å²) >= 11 is 0. The lowest BCUT2D eigenvalue weighted by Crippen LogP contribution is -2.30. The number of aromatic nitrogens is 1. The van der Waals surface area contributed by atoms with Crippen molar-refractivity contribution in [2.75, 3.05) is 6.61 Å². The highest BCUT2D eigenvalue weighted by molar-refractivity contribution is 6.06. The van der Waals surface area contributed by atoms with Crippen LogP contribution in [0.3, 0.4) is 0 Å². The van der Waals surface area contributed by atoms with Crippen LogP contribution in [-0.4, -0.2) is 23.6 Å². The first-order valence-corrected chi connectivity index (χ1v) is 10.3. The van der Waals surface area contributed by atoms with Crippen molar-refractivity contribution in [3.05, 3.63) is 108 Å². The number of hydrogen-bond donors (Lipinski definition) is 1. The Morgan fingerprint density at radius 1 is 0.941 bits per heavy atom. The number of hydrogen-bond acceptors (Lipinski definition) is 5. The molecule has 0 saturated heterocycles. The molecule has 2 N–H and O–H groups in total. The zero-order valence-electron chi connectivity index (χ0n) is 18.2. The molecule has 0 spiro atoms. The molecule has 1 aromatic heterocycles. The van der Waals surface area contributed by atoms with E-state index in [9.17, 15) is 9.18 Å². The average molecular weight is 503 g/mol. The van der Waals surface area contributed by atoms with E-state index in [2.05, 4.69) is 4.98 Å². The van der Waals surface area contributed by atoms with E-state index in [-0.39, 0.29) is 55.4 Å². The number of benzene rings is 3. The van der Waals surface area contributed by atoms with Crippen molar-refractivity contribution in [3.8, 4) is 5.75 Å². The van der Waals surface area contributed by atoms with Gasteiger partial charge < -0.3 is 15.2 Å². The van der Waals surface area contributed by atoms with Gasteiger partial charge in [-0.25, -0.2) is 9.18 Å². The maximum atomic E-state index is 13.9. The molecule has 0 amide bonds. The van der Waals surface area contributed by atoms with E-state index >= 15 is 0 Å². The normalized spacial score (nSPS) is 11.1. The van der Waals surface area contributed by atoms with Gasteiger partial charge in [0.2, 0.25) is 0 Å². The van der Waals surface area contributed by atoms with Crippen LogP contribution in [-0.2, 0) is 17.8 Å². The fourth-order valence-electron chi connectivity index (χ4n) is 3.45.